The van der Waals surface area contributed by atoms with Crippen molar-refractivity contribution in [2.24, 2.45) is 0 Å². The van der Waals surface area contributed by atoms with Gasteiger partial charge < -0.3 is 14.9 Å². The number of aromatic nitrogens is 3. The van der Waals surface area contributed by atoms with Crippen molar-refractivity contribution in [2.45, 2.75) is 26.4 Å². The van der Waals surface area contributed by atoms with Gasteiger partial charge in [-0.15, -0.1) is 11.3 Å². The van der Waals surface area contributed by atoms with E-state index < -0.39 is 17.4 Å². The van der Waals surface area contributed by atoms with E-state index in [2.05, 4.69) is 23.8 Å². The summed E-state index contributed by atoms with van der Waals surface area (Å²) in [5.41, 5.74) is 0.414. The molecule has 0 radical (unpaired) electrons. The standard InChI is InChI=1S/C18H17N3O5S/c1-10(2)13-9-27-15(19-13)8-26-11-5-6-21-14(7-11)20-17(24)12(18(21)25)3-4-16(22)23/h3-7,9-10,24H,8H2,1-2H3,(H,22,23). The van der Waals surface area contributed by atoms with Crippen molar-refractivity contribution in [3.63, 3.8) is 0 Å². The summed E-state index contributed by atoms with van der Waals surface area (Å²) in [5.74, 6) is -0.961. The van der Waals surface area contributed by atoms with Crippen LogP contribution in [0.2, 0.25) is 0 Å². The topological polar surface area (TPSA) is 114 Å². The van der Waals surface area contributed by atoms with Gasteiger partial charge in [0.25, 0.3) is 5.56 Å². The molecule has 140 valence electrons. The van der Waals surface area contributed by atoms with Gasteiger partial charge >= 0.3 is 5.97 Å². The highest BCUT2D eigenvalue weighted by Gasteiger charge is 2.11. The van der Waals surface area contributed by atoms with Crippen molar-refractivity contribution < 1.29 is 19.7 Å². The van der Waals surface area contributed by atoms with Crippen LogP contribution >= 0.6 is 11.3 Å². The summed E-state index contributed by atoms with van der Waals surface area (Å²) in [4.78, 5) is 31.4. The van der Waals surface area contributed by atoms with Crippen LogP contribution in [0.15, 0.2) is 34.6 Å². The molecule has 3 aromatic heterocycles. The molecule has 0 atom stereocenters. The molecule has 0 aromatic carbocycles. The van der Waals surface area contributed by atoms with Crippen LogP contribution in [0, 0.1) is 0 Å². The van der Waals surface area contributed by atoms with Crippen molar-refractivity contribution in [1.82, 2.24) is 14.4 Å². The molecule has 0 aliphatic carbocycles. The minimum absolute atomic E-state index is 0.185. The van der Waals surface area contributed by atoms with Crippen LogP contribution < -0.4 is 10.3 Å². The van der Waals surface area contributed by atoms with Gasteiger partial charge in [-0.3, -0.25) is 9.20 Å². The van der Waals surface area contributed by atoms with Crippen molar-refractivity contribution in [3.8, 4) is 11.6 Å². The molecule has 3 heterocycles. The Morgan fingerprint density at radius 1 is 1.41 bits per heavy atom. The molecule has 0 spiro atoms. The van der Waals surface area contributed by atoms with E-state index in [1.165, 1.54) is 28.0 Å². The minimum atomic E-state index is -1.23. The third-order valence-electron chi connectivity index (χ3n) is 3.73. The lowest BCUT2D eigenvalue weighted by Crippen LogP contribution is -2.17. The summed E-state index contributed by atoms with van der Waals surface area (Å²) in [6, 6.07) is 3.11. The normalized spacial score (nSPS) is 11.5. The Hall–Kier alpha value is -3.20. The van der Waals surface area contributed by atoms with E-state index in [-0.39, 0.29) is 17.8 Å². The highest BCUT2D eigenvalue weighted by Crippen LogP contribution is 2.21. The number of carbonyl (C=O) groups is 1. The van der Waals surface area contributed by atoms with Crippen LogP contribution in [0.3, 0.4) is 0 Å². The number of hydrogen-bond acceptors (Lipinski definition) is 7. The highest BCUT2D eigenvalue weighted by molar-refractivity contribution is 7.09. The molecule has 0 saturated heterocycles. The molecule has 0 bridgehead atoms. The van der Waals surface area contributed by atoms with E-state index in [4.69, 9.17) is 9.84 Å². The summed E-state index contributed by atoms with van der Waals surface area (Å²) >= 11 is 1.51. The Morgan fingerprint density at radius 2 is 2.19 bits per heavy atom. The molecular weight excluding hydrogens is 370 g/mol. The highest BCUT2D eigenvalue weighted by atomic mass is 32.1. The molecule has 3 rings (SSSR count). The maximum absolute atomic E-state index is 12.4. The molecule has 0 unspecified atom stereocenters. The monoisotopic (exact) mass is 387 g/mol. The predicted octanol–water partition coefficient (Wildman–Crippen LogP) is 2.66. The Bertz CT molecular complexity index is 1080. The molecular formula is C18H17N3O5S. The first-order chi connectivity index (χ1) is 12.8. The first-order valence-electron chi connectivity index (χ1n) is 8.08. The second-order valence-corrected chi connectivity index (χ2v) is 6.97. The third-order valence-corrected chi connectivity index (χ3v) is 4.57. The fourth-order valence-corrected chi connectivity index (χ4v) is 3.18. The number of nitrogens with zero attached hydrogens (tertiary/aromatic N) is 3. The number of ether oxygens (including phenoxy) is 1. The van der Waals surface area contributed by atoms with E-state index in [0.717, 1.165) is 22.9 Å². The Labute approximate surface area is 158 Å². The van der Waals surface area contributed by atoms with Crippen molar-refractivity contribution in [2.75, 3.05) is 0 Å². The number of pyridine rings is 1. The second-order valence-electron chi connectivity index (χ2n) is 6.03. The smallest absolute Gasteiger partial charge is 0.328 e. The van der Waals surface area contributed by atoms with Gasteiger partial charge in [0.1, 0.15) is 28.6 Å². The summed E-state index contributed by atoms with van der Waals surface area (Å²) in [6.45, 7) is 4.42. The maximum Gasteiger partial charge on any atom is 0.328 e. The second kappa shape index (κ2) is 7.58. The molecule has 8 nitrogen and oxygen atoms in total. The summed E-state index contributed by atoms with van der Waals surface area (Å²) < 4.78 is 6.90. The Morgan fingerprint density at radius 3 is 2.85 bits per heavy atom. The number of carboxylic acid groups (broad SMARTS) is 1. The number of aromatic hydroxyl groups is 1. The molecule has 3 aromatic rings. The van der Waals surface area contributed by atoms with E-state index >= 15 is 0 Å². The quantitative estimate of drug-likeness (QED) is 0.625. The molecule has 27 heavy (non-hydrogen) atoms. The largest absolute Gasteiger partial charge is 0.493 e. The molecule has 2 N–H and O–H groups in total. The number of thiazole rings is 1. The van der Waals surface area contributed by atoms with E-state index in [1.54, 1.807) is 6.07 Å². The van der Waals surface area contributed by atoms with Gasteiger partial charge in [0.15, 0.2) is 0 Å². The third kappa shape index (κ3) is 4.14. The van der Waals surface area contributed by atoms with Gasteiger partial charge in [-0.25, -0.2) is 9.78 Å². The lowest BCUT2D eigenvalue weighted by molar-refractivity contribution is -0.131. The fraction of sp³-hybridized carbons (Fsp3) is 0.222. The van der Waals surface area contributed by atoms with E-state index in [0.29, 0.717) is 11.7 Å². The first kappa shape index (κ1) is 18.6. The molecule has 0 amide bonds. The number of aliphatic carboxylic acids is 1. The average molecular weight is 387 g/mol. The van der Waals surface area contributed by atoms with Crippen molar-refractivity contribution in [3.05, 3.63) is 56.4 Å². The first-order valence-corrected chi connectivity index (χ1v) is 8.96. The molecule has 0 fully saturated rings. The van der Waals surface area contributed by atoms with Gasteiger partial charge in [-0.1, -0.05) is 13.8 Å². The zero-order chi connectivity index (χ0) is 19.6. The molecule has 0 saturated carbocycles. The molecule has 0 aliphatic rings. The van der Waals surface area contributed by atoms with Gasteiger partial charge in [-0.2, -0.15) is 4.98 Å². The van der Waals surface area contributed by atoms with Gasteiger partial charge in [0.2, 0.25) is 5.88 Å². The van der Waals surface area contributed by atoms with Crippen LogP contribution in [0.5, 0.6) is 11.6 Å². The van der Waals surface area contributed by atoms with Crippen LogP contribution in [-0.4, -0.2) is 30.6 Å². The molecule has 0 aliphatic heterocycles. The van der Waals surface area contributed by atoms with Crippen LogP contribution in [-0.2, 0) is 11.4 Å². The van der Waals surface area contributed by atoms with Crippen molar-refractivity contribution >= 4 is 29.0 Å². The zero-order valence-electron chi connectivity index (χ0n) is 14.6. The number of hydrogen-bond donors (Lipinski definition) is 2. The summed E-state index contributed by atoms with van der Waals surface area (Å²) in [7, 11) is 0. The number of carboxylic acids is 1. The van der Waals surface area contributed by atoms with E-state index in [9.17, 15) is 14.7 Å². The maximum atomic E-state index is 12.4. The van der Waals surface area contributed by atoms with Crippen LogP contribution in [0.25, 0.3) is 11.7 Å². The predicted molar refractivity (Wildman–Crippen MR) is 100 cm³/mol. The van der Waals surface area contributed by atoms with Crippen molar-refractivity contribution in [1.29, 1.82) is 0 Å². The van der Waals surface area contributed by atoms with Crippen LogP contribution in [0.4, 0.5) is 0 Å². The Balaban J connectivity index is 1.85. The minimum Gasteiger partial charge on any atom is -0.493 e. The van der Waals surface area contributed by atoms with Crippen LogP contribution in [0.1, 0.15) is 36.0 Å². The molecule has 9 heteroatoms. The lowest BCUT2D eigenvalue weighted by Gasteiger charge is -2.07. The average Bonchev–Trinajstić information content (AvgIpc) is 3.08. The van der Waals surface area contributed by atoms with E-state index in [1.807, 2.05) is 5.38 Å². The SMILES string of the molecule is CC(C)c1csc(COc2ccn3c(=O)c(C=CC(=O)O)c(O)nc3c2)n1. The lowest BCUT2D eigenvalue weighted by atomic mass is 10.2. The summed E-state index contributed by atoms with van der Waals surface area (Å²) in [5, 5.41) is 21.4. The zero-order valence-corrected chi connectivity index (χ0v) is 15.4. The van der Waals surface area contributed by atoms with Gasteiger partial charge in [0, 0.05) is 23.7 Å². The number of rotatable bonds is 6. The summed E-state index contributed by atoms with van der Waals surface area (Å²) in [6.07, 6.45) is 3.24. The Kier molecular flexibility index (Phi) is 5.22. The fourth-order valence-electron chi connectivity index (χ4n) is 2.31. The number of fused-ring (bicyclic) bond motifs is 1. The van der Waals surface area contributed by atoms with Gasteiger partial charge in [0.05, 0.1) is 5.69 Å². The van der Waals surface area contributed by atoms with Gasteiger partial charge in [-0.05, 0) is 18.1 Å².